The molecule has 1 aliphatic rings. The molecule has 0 saturated carbocycles. The van der Waals surface area contributed by atoms with Gasteiger partial charge in [0.1, 0.15) is 0 Å². The van der Waals surface area contributed by atoms with Gasteiger partial charge in [0.15, 0.2) is 0 Å². The summed E-state index contributed by atoms with van der Waals surface area (Å²) in [4.78, 5) is 26.6. The van der Waals surface area contributed by atoms with Gasteiger partial charge in [-0.1, -0.05) is 19.9 Å². The van der Waals surface area contributed by atoms with E-state index in [1.807, 2.05) is 13.8 Å². The lowest BCUT2D eigenvalue weighted by Crippen LogP contribution is -2.39. The molecule has 0 aliphatic carbocycles. The monoisotopic (exact) mass is 250 g/mol. The summed E-state index contributed by atoms with van der Waals surface area (Å²) in [7, 11) is 0. The second-order valence-electron chi connectivity index (χ2n) is 4.77. The van der Waals surface area contributed by atoms with Crippen molar-refractivity contribution in [3.63, 3.8) is 0 Å². The molecule has 1 saturated heterocycles. The van der Waals surface area contributed by atoms with Gasteiger partial charge in [0.05, 0.1) is 5.92 Å². The number of nitrogens with one attached hydrogen (secondary N) is 1. The van der Waals surface area contributed by atoms with Crippen molar-refractivity contribution in [2.24, 2.45) is 0 Å². The van der Waals surface area contributed by atoms with Crippen molar-refractivity contribution < 1.29 is 14.0 Å². The normalized spacial score (nSPS) is 20.1. The molecule has 0 spiro atoms. The molecule has 2 amide bonds. The van der Waals surface area contributed by atoms with E-state index in [2.05, 4.69) is 10.3 Å². The molecule has 0 aromatic carbocycles. The van der Waals surface area contributed by atoms with Crippen LogP contribution in [-0.4, -0.2) is 16.8 Å². The number of amides is 2. The van der Waals surface area contributed by atoms with Crippen LogP contribution in [0.1, 0.15) is 49.8 Å². The molecule has 1 unspecified atom stereocenters. The number of imide groups is 1. The highest BCUT2D eigenvalue weighted by Crippen LogP contribution is 2.27. The van der Waals surface area contributed by atoms with Crippen LogP contribution in [0.25, 0.3) is 0 Å². The molecule has 1 aromatic heterocycles. The third kappa shape index (κ3) is 2.39. The number of rotatable bonds is 2. The van der Waals surface area contributed by atoms with E-state index in [0.717, 1.165) is 0 Å². The minimum atomic E-state index is -0.615. The van der Waals surface area contributed by atoms with Crippen molar-refractivity contribution >= 4 is 11.8 Å². The van der Waals surface area contributed by atoms with E-state index in [4.69, 9.17) is 0 Å². The van der Waals surface area contributed by atoms with Gasteiger partial charge in [-0.25, -0.2) is 4.98 Å². The third-order valence-corrected chi connectivity index (χ3v) is 3.11. The van der Waals surface area contributed by atoms with Crippen molar-refractivity contribution in [1.82, 2.24) is 10.3 Å². The highest BCUT2D eigenvalue weighted by molar-refractivity contribution is 6.00. The fourth-order valence-corrected chi connectivity index (χ4v) is 2.03. The van der Waals surface area contributed by atoms with E-state index >= 15 is 0 Å². The van der Waals surface area contributed by atoms with Gasteiger partial charge < -0.3 is 0 Å². The number of piperidine rings is 1. The summed E-state index contributed by atoms with van der Waals surface area (Å²) < 4.78 is 13.9. The van der Waals surface area contributed by atoms with Crippen LogP contribution >= 0.6 is 0 Å². The summed E-state index contributed by atoms with van der Waals surface area (Å²) in [6.07, 6.45) is 0.575. The molecule has 1 N–H and O–H groups in total. The lowest BCUT2D eigenvalue weighted by Gasteiger charge is -2.21. The second-order valence-corrected chi connectivity index (χ2v) is 4.77. The van der Waals surface area contributed by atoms with Crippen molar-refractivity contribution in [2.45, 2.75) is 38.5 Å². The summed E-state index contributed by atoms with van der Waals surface area (Å²) in [5.74, 6) is -1.84. The average Bonchev–Trinajstić information content (AvgIpc) is 2.30. The molecule has 1 aromatic rings. The standard InChI is InChI=1S/C13H15FN2O2/c1-7(2)10-5-3-8(12(14)15-10)9-4-6-11(17)16-13(9)18/h3,5,7,9H,4,6H2,1-2H3,(H,16,17,18). The largest absolute Gasteiger partial charge is 0.296 e. The number of hydrogen-bond acceptors (Lipinski definition) is 3. The Hall–Kier alpha value is -1.78. The minimum absolute atomic E-state index is 0.135. The Morgan fingerprint density at radius 1 is 1.39 bits per heavy atom. The number of aromatic nitrogens is 1. The lowest BCUT2D eigenvalue weighted by atomic mass is 9.91. The molecule has 0 bridgehead atoms. The van der Waals surface area contributed by atoms with E-state index in [9.17, 15) is 14.0 Å². The highest BCUT2D eigenvalue weighted by atomic mass is 19.1. The molecular weight excluding hydrogens is 235 g/mol. The van der Waals surface area contributed by atoms with Crippen LogP contribution in [0.15, 0.2) is 12.1 Å². The molecule has 1 atom stereocenters. The first-order valence-electron chi connectivity index (χ1n) is 5.99. The zero-order valence-corrected chi connectivity index (χ0v) is 10.4. The van der Waals surface area contributed by atoms with E-state index in [1.54, 1.807) is 12.1 Å². The molecule has 18 heavy (non-hydrogen) atoms. The van der Waals surface area contributed by atoms with Gasteiger partial charge in [-0.3, -0.25) is 14.9 Å². The van der Waals surface area contributed by atoms with Gasteiger partial charge in [0, 0.05) is 17.7 Å². The van der Waals surface area contributed by atoms with Crippen molar-refractivity contribution in [2.75, 3.05) is 0 Å². The minimum Gasteiger partial charge on any atom is -0.296 e. The fourth-order valence-electron chi connectivity index (χ4n) is 2.03. The Balaban J connectivity index is 2.28. The summed E-state index contributed by atoms with van der Waals surface area (Å²) in [6, 6.07) is 3.32. The lowest BCUT2D eigenvalue weighted by molar-refractivity contribution is -0.134. The van der Waals surface area contributed by atoms with E-state index in [1.165, 1.54) is 0 Å². The van der Waals surface area contributed by atoms with Gasteiger partial charge in [-0.05, 0) is 18.4 Å². The molecule has 4 nitrogen and oxygen atoms in total. The van der Waals surface area contributed by atoms with Gasteiger partial charge in [-0.15, -0.1) is 0 Å². The van der Waals surface area contributed by atoms with Gasteiger partial charge >= 0.3 is 0 Å². The SMILES string of the molecule is CC(C)c1ccc(C2CCC(=O)NC2=O)c(F)n1. The Morgan fingerprint density at radius 2 is 2.11 bits per heavy atom. The molecule has 96 valence electrons. The predicted molar refractivity (Wildman–Crippen MR) is 63.4 cm³/mol. The zero-order chi connectivity index (χ0) is 13.3. The zero-order valence-electron chi connectivity index (χ0n) is 10.4. The van der Waals surface area contributed by atoms with Gasteiger partial charge in [0.2, 0.25) is 17.8 Å². The Morgan fingerprint density at radius 3 is 2.67 bits per heavy atom. The molecular formula is C13H15FN2O2. The van der Waals surface area contributed by atoms with Crippen molar-refractivity contribution in [3.8, 4) is 0 Å². The summed E-state index contributed by atoms with van der Waals surface area (Å²) >= 11 is 0. The predicted octanol–water partition coefficient (Wildman–Crippen LogP) is 1.86. The number of carbonyl (C=O) groups is 2. The van der Waals surface area contributed by atoms with Crippen LogP contribution in [0, 0.1) is 5.95 Å². The van der Waals surface area contributed by atoms with Crippen LogP contribution in [0.3, 0.4) is 0 Å². The maximum atomic E-state index is 13.9. The van der Waals surface area contributed by atoms with E-state index < -0.39 is 17.8 Å². The van der Waals surface area contributed by atoms with Gasteiger partial charge in [-0.2, -0.15) is 4.39 Å². The Kier molecular flexibility index (Phi) is 3.41. The first-order chi connectivity index (χ1) is 8.49. The average molecular weight is 250 g/mol. The van der Waals surface area contributed by atoms with Crippen LogP contribution in [0.5, 0.6) is 0 Å². The van der Waals surface area contributed by atoms with Gasteiger partial charge in [0.25, 0.3) is 0 Å². The Bertz CT molecular complexity index is 500. The van der Waals surface area contributed by atoms with E-state index in [-0.39, 0.29) is 23.8 Å². The van der Waals surface area contributed by atoms with Crippen molar-refractivity contribution in [1.29, 1.82) is 0 Å². The number of carbonyl (C=O) groups excluding carboxylic acids is 2. The smallest absolute Gasteiger partial charge is 0.234 e. The maximum Gasteiger partial charge on any atom is 0.234 e. The topological polar surface area (TPSA) is 59.1 Å². The highest BCUT2D eigenvalue weighted by Gasteiger charge is 2.30. The number of halogens is 1. The summed E-state index contributed by atoms with van der Waals surface area (Å²) in [6.45, 7) is 3.85. The van der Waals surface area contributed by atoms with Crippen LogP contribution < -0.4 is 5.32 Å². The molecule has 0 radical (unpaired) electrons. The third-order valence-electron chi connectivity index (χ3n) is 3.11. The fraction of sp³-hybridized carbons (Fsp3) is 0.462. The molecule has 1 aliphatic heterocycles. The summed E-state index contributed by atoms with van der Waals surface area (Å²) in [5.41, 5.74) is 0.924. The second kappa shape index (κ2) is 4.84. The number of nitrogens with zero attached hydrogens (tertiary/aromatic N) is 1. The van der Waals surface area contributed by atoms with Crippen LogP contribution in [0.2, 0.25) is 0 Å². The molecule has 5 heteroatoms. The van der Waals surface area contributed by atoms with Crippen molar-refractivity contribution in [3.05, 3.63) is 29.3 Å². The number of pyridine rings is 1. The van der Waals surface area contributed by atoms with E-state index in [0.29, 0.717) is 12.1 Å². The Labute approximate surface area is 105 Å². The number of hydrogen-bond donors (Lipinski definition) is 1. The maximum absolute atomic E-state index is 13.9. The molecule has 2 rings (SSSR count). The quantitative estimate of drug-likeness (QED) is 0.644. The first kappa shape index (κ1) is 12.7. The molecule has 1 fully saturated rings. The molecule has 2 heterocycles. The summed E-state index contributed by atoms with van der Waals surface area (Å²) in [5, 5.41) is 2.22. The van der Waals surface area contributed by atoms with Crippen LogP contribution in [0.4, 0.5) is 4.39 Å². The first-order valence-corrected chi connectivity index (χ1v) is 5.99. The van der Waals surface area contributed by atoms with Crippen LogP contribution in [-0.2, 0) is 9.59 Å².